The van der Waals surface area contributed by atoms with E-state index in [-0.39, 0.29) is 11.9 Å². The van der Waals surface area contributed by atoms with Crippen LogP contribution in [0.4, 0.5) is 0 Å². The summed E-state index contributed by atoms with van der Waals surface area (Å²) in [5.74, 6) is 0.0188. The molecule has 0 bridgehead atoms. The maximum absolute atomic E-state index is 11.1. The van der Waals surface area contributed by atoms with Crippen LogP contribution in [0.1, 0.15) is 6.92 Å². The third-order valence-corrected chi connectivity index (χ3v) is 1.78. The first-order valence-electron chi connectivity index (χ1n) is 3.65. The van der Waals surface area contributed by atoms with Crippen molar-refractivity contribution in [2.45, 2.75) is 13.0 Å². The molecule has 1 atom stereocenters. The van der Waals surface area contributed by atoms with Crippen molar-refractivity contribution in [1.29, 1.82) is 5.26 Å². The molecule has 0 radical (unpaired) electrons. The zero-order valence-corrected chi connectivity index (χ0v) is 6.50. The van der Waals surface area contributed by atoms with Gasteiger partial charge in [-0.3, -0.25) is 4.79 Å². The summed E-state index contributed by atoms with van der Waals surface area (Å²) in [6, 6.07) is 1.75. The number of hydrogen-bond donors (Lipinski definition) is 1. The molecule has 1 aliphatic heterocycles. The highest BCUT2D eigenvalue weighted by Gasteiger charge is 2.21. The second-order valence-electron chi connectivity index (χ2n) is 2.57. The Labute approximate surface area is 65.8 Å². The minimum absolute atomic E-state index is 0.0188. The molecule has 0 spiro atoms. The highest BCUT2D eigenvalue weighted by molar-refractivity contribution is 5.79. The van der Waals surface area contributed by atoms with E-state index in [1.807, 2.05) is 6.07 Å². The van der Waals surface area contributed by atoms with Gasteiger partial charge in [0.05, 0.1) is 12.6 Å². The number of hydrogen-bond acceptors (Lipinski definition) is 3. The van der Waals surface area contributed by atoms with Crippen molar-refractivity contribution in [3.63, 3.8) is 0 Å². The van der Waals surface area contributed by atoms with Crippen LogP contribution in [0.2, 0.25) is 0 Å². The van der Waals surface area contributed by atoms with Crippen molar-refractivity contribution in [2.75, 3.05) is 19.6 Å². The van der Waals surface area contributed by atoms with Gasteiger partial charge in [-0.25, -0.2) is 0 Å². The molecular formula is C7H11N3O. The van der Waals surface area contributed by atoms with Gasteiger partial charge in [-0.1, -0.05) is 0 Å². The van der Waals surface area contributed by atoms with Crippen molar-refractivity contribution < 1.29 is 4.79 Å². The van der Waals surface area contributed by atoms with Gasteiger partial charge in [-0.05, 0) is 6.92 Å². The maximum atomic E-state index is 11.1. The van der Waals surface area contributed by atoms with Crippen LogP contribution in [0, 0.1) is 11.3 Å². The van der Waals surface area contributed by atoms with Crippen LogP contribution in [-0.2, 0) is 4.79 Å². The van der Waals surface area contributed by atoms with Gasteiger partial charge >= 0.3 is 0 Å². The van der Waals surface area contributed by atoms with E-state index in [0.29, 0.717) is 13.1 Å². The Balaban J connectivity index is 2.56. The summed E-state index contributed by atoms with van der Waals surface area (Å²) in [5.41, 5.74) is 0. The van der Waals surface area contributed by atoms with Gasteiger partial charge in [0.15, 0.2) is 0 Å². The van der Waals surface area contributed by atoms with Gasteiger partial charge in [0.1, 0.15) is 6.04 Å². The summed E-state index contributed by atoms with van der Waals surface area (Å²) in [6.45, 7) is 3.54. The van der Waals surface area contributed by atoms with Crippen molar-refractivity contribution in [1.82, 2.24) is 10.2 Å². The van der Waals surface area contributed by atoms with E-state index in [0.717, 1.165) is 6.54 Å². The van der Waals surface area contributed by atoms with Crippen molar-refractivity contribution in [2.24, 2.45) is 0 Å². The Morgan fingerprint density at radius 2 is 2.55 bits per heavy atom. The van der Waals surface area contributed by atoms with E-state index >= 15 is 0 Å². The molecule has 4 nitrogen and oxygen atoms in total. The third kappa shape index (κ3) is 1.69. The minimum atomic E-state index is -0.287. The second-order valence-corrected chi connectivity index (χ2v) is 2.57. The number of nitrogens with one attached hydrogen (secondary N) is 1. The molecule has 11 heavy (non-hydrogen) atoms. The highest BCUT2D eigenvalue weighted by Crippen LogP contribution is 2.00. The summed E-state index contributed by atoms with van der Waals surface area (Å²) in [7, 11) is 0. The van der Waals surface area contributed by atoms with Crippen LogP contribution in [0.15, 0.2) is 0 Å². The standard InChI is InChI=1S/C7H11N3O/c1-6(4-8)10-3-2-9-5-7(10)11/h6,9H,2-3,5H2,1H3. The van der Waals surface area contributed by atoms with E-state index < -0.39 is 0 Å². The predicted octanol–water partition coefficient (Wildman–Crippen LogP) is -0.670. The molecule has 1 unspecified atom stereocenters. The maximum Gasteiger partial charge on any atom is 0.237 e. The Bertz CT molecular complexity index is 196. The van der Waals surface area contributed by atoms with Gasteiger partial charge < -0.3 is 10.2 Å². The van der Waals surface area contributed by atoms with Gasteiger partial charge in [-0.15, -0.1) is 0 Å². The summed E-state index contributed by atoms with van der Waals surface area (Å²) < 4.78 is 0. The van der Waals surface area contributed by atoms with E-state index in [1.165, 1.54) is 0 Å². The average molecular weight is 153 g/mol. The molecule has 1 saturated heterocycles. The summed E-state index contributed by atoms with van der Waals surface area (Å²) in [4.78, 5) is 12.7. The monoisotopic (exact) mass is 153 g/mol. The van der Waals surface area contributed by atoms with Crippen LogP contribution in [0.5, 0.6) is 0 Å². The van der Waals surface area contributed by atoms with Crippen LogP contribution in [0.3, 0.4) is 0 Å². The highest BCUT2D eigenvalue weighted by atomic mass is 16.2. The molecular weight excluding hydrogens is 142 g/mol. The first kappa shape index (κ1) is 8.02. The number of nitrogens with zero attached hydrogens (tertiary/aromatic N) is 2. The Kier molecular flexibility index (Phi) is 2.44. The average Bonchev–Trinajstić information content (AvgIpc) is 2.04. The zero-order chi connectivity index (χ0) is 8.27. The van der Waals surface area contributed by atoms with Crippen LogP contribution in [0.25, 0.3) is 0 Å². The third-order valence-electron chi connectivity index (χ3n) is 1.78. The first-order chi connectivity index (χ1) is 5.25. The summed E-state index contributed by atoms with van der Waals surface area (Å²) in [5, 5.41) is 11.5. The van der Waals surface area contributed by atoms with Crippen LogP contribution >= 0.6 is 0 Å². The largest absolute Gasteiger partial charge is 0.325 e. The van der Waals surface area contributed by atoms with Gasteiger partial charge in [0.2, 0.25) is 5.91 Å². The smallest absolute Gasteiger partial charge is 0.237 e. The lowest BCUT2D eigenvalue weighted by Crippen LogP contribution is -2.51. The number of carbonyl (C=O) groups excluding carboxylic acids is 1. The van der Waals surface area contributed by atoms with E-state index in [2.05, 4.69) is 5.32 Å². The molecule has 1 amide bonds. The van der Waals surface area contributed by atoms with E-state index in [4.69, 9.17) is 5.26 Å². The second kappa shape index (κ2) is 3.35. The molecule has 1 aliphatic rings. The lowest BCUT2D eigenvalue weighted by atomic mass is 10.2. The first-order valence-corrected chi connectivity index (χ1v) is 3.65. The van der Waals surface area contributed by atoms with Crippen LogP contribution in [-0.4, -0.2) is 36.5 Å². The molecule has 4 heteroatoms. The van der Waals surface area contributed by atoms with Crippen molar-refractivity contribution in [3.05, 3.63) is 0 Å². The molecule has 1 rings (SSSR count). The quantitative estimate of drug-likeness (QED) is 0.543. The number of nitriles is 1. The van der Waals surface area contributed by atoms with E-state index in [9.17, 15) is 4.79 Å². The summed E-state index contributed by atoms with van der Waals surface area (Å²) >= 11 is 0. The Hall–Kier alpha value is -1.08. The number of rotatable bonds is 1. The van der Waals surface area contributed by atoms with Crippen LogP contribution < -0.4 is 5.32 Å². The molecule has 0 aliphatic carbocycles. The van der Waals surface area contributed by atoms with E-state index in [1.54, 1.807) is 11.8 Å². The fourth-order valence-electron chi connectivity index (χ4n) is 1.10. The summed E-state index contributed by atoms with van der Waals surface area (Å²) in [6.07, 6.45) is 0. The fourth-order valence-corrected chi connectivity index (χ4v) is 1.10. The molecule has 0 aromatic heterocycles. The lowest BCUT2D eigenvalue weighted by Gasteiger charge is -2.29. The SMILES string of the molecule is CC(C#N)N1CCNCC1=O. The molecule has 1 fully saturated rings. The van der Waals surface area contributed by atoms with Gasteiger partial charge in [0, 0.05) is 13.1 Å². The molecule has 1 heterocycles. The van der Waals surface area contributed by atoms with Gasteiger partial charge in [0.25, 0.3) is 0 Å². The Morgan fingerprint density at radius 1 is 1.82 bits per heavy atom. The zero-order valence-electron chi connectivity index (χ0n) is 6.50. The molecule has 60 valence electrons. The van der Waals surface area contributed by atoms with Crippen molar-refractivity contribution >= 4 is 5.91 Å². The molecule has 0 saturated carbocycles. The predicted molar refractivity (Wildman–Crippen MR) is 39.7 cm³/mol. The number of piperazine rings is 1. The topological polar surface area (TPSA) is 56.1 Å². The minimum Gasteiger partial charge on any atom is -0.325 e. The lowest BCUT2D eigenvalue weighted by molar-refractivity contribution is -0.132. The van der Waals surface area contributed by atoms with Crippen molar-refractivity contribution in [3.8, 4) is 6.07 Å². The Morgan fingerprint density at radius 3 is 3.09 bits per heavy atom. The number of carbonyl (C=O) groups is 1. The normalized spacial score (nSPS) is 21.1. The number of amides is 1. The molecule has 0 aromatic rings. The van der Waals surface area contributed by atoms with Gasteiger partial charge in [-0.2, -0.15) is 5.26 Å². The molecule has 1 N–H and O–H groups in total. The fraction of sp³-hybridized carbons (Fsp3) is 0.714. The molecule has 0 aromatic carbocycles.